The lowest BCUT2D eigenvalue weighted by Crippen LogP contribution is -2.36. The van der Waals surface area contributed by atoms with Crippen molar-refractivity contribution in [3.63, 3.8) is 0 Å². The summed E-state index contributed by atoms with van der Waals surface area (Å²) in [5.74, 6) is 1.35. The minimum absolute atomic E-state index is 0.264. The van der Waals surface area contributed by atoms with E-state index in [-0.39, 0.29) is 6.04 Å². The molecule has 31 heavy (non-hydrogen) atoms. The van der Waals surface area contributed by atoms with Gasteiger partial charge in [-0.2, -0.15) is 10.4 Å². The van der Waals surface area contributed by atoms with E-state index in [1.54, 1.807) is 21.7 Å². The number of nitrogens with one attached hydrogen (secondary N) is 2. The van der Waals surface area contributed by atoms with Gasteiger partial charge in [0.25, 0.3) is 0 Å². The van der Waals surface area contributed by atoms with Gasteiger partial charge in [0, 0.05) is 11.6 Å². The van der Waals surface area contributed by atoms with Gasteiger partial charge in [0.05, 0.1) is 29.7 Å². The van der Waals surface area contributed by atoms with E-state index >= 15 is 0 Å². The Kier molecular flexibility index (Phi) is 6.05. The van der Waals surface area contributed by atoms with Crippen LogP contribution in [0.15, 0.2) is 36.5 Å². The Hall–Kier alpha value is -3.57. The molecule has 0 radical (unpaired) electrons. The number of nitrogens with zero attached hydrogens (tertiary/aromatic N) is 4. The zero-order chi connectivity index (χ0) is 21.8. The molecule has 1 aliphatic heterocycles. The number of nitriles is 1. The molecular formula is C23H26N6O2. The smallest absolute Gasteiger partial charge is 0.219 e. The largest absolute Gasteiger partial charge is 0.494 e. The molecule has 2 aromatic heterocycles. The predicted octanol–water partition coefficient (Wildman–Crippen LogP) is 3.37. The fourth-order valence-electron chi connectivity index (χ4n) is 4.10. The van der Waals surface area contributed by atoms with Gasteiger partial charge in [-0.3, -0.25) is 9.69 Å². The number of benzene rings is 1. The molecule has 1 aromatic carbocycles. The maximum atomic E-state index is 12.3. The quantitative estimate of drug-likeness (QED) is 0.571. The summed E-state index contributed by atoms with van der Waals surface area (Å²) < 4.78 is 7.18. The van der Waals surface area contributed by atoms with Crippen LogP contribution in [0.25, 0.3) is 5.52 Å². The molecular weight excluding hydrogens is 392 g/mol. The van der Waals surface area contributed by atoms with Crippen molar-refractivity contribution in [3.8, 4) is 11.8 Å². The lowest BCUT2D eigenvalue weighted by molar-refractivity contribution is -0.106. The summed E-state index contributed by atoms with van der Waals surface area (Å²) in [6.07, 6.45) is 4.37. The third kappa shape index (κ3) is 3.92. The summed E-state index contributed by atoms with van der Waals surface area (Å²) in [7, 11) is 0. The molecule has 8 nitrogen and oxygen atoms in total. The van der Waals surface area contributed by atoms with E-state index < -0.39 is 0 Å². The van der Waals surface area contributed by atoms with Crippen LogP contribution in [0.4, 0.5) is 17.2 Å². The molecule has 4 rings (SSSR count). The average molecular weight is 419 g/mol. The van der Waals surface area contributed by atoms with Crippen molar-refractivity contribution in [2.24, 2.45) is 0 Å². The molecule has 2 N–H and O–H groups in total. The average Bonchev–Trinajstić information content (AvgIpc) is 3.28. The highest BCUT2D eigenvalue weighted by atomic mass is 16.5. The first kappa shape index (κ1) is 20.7. The predicted molar refractivity (Wildman–Crippen MR) is 120 cm³/mol. The monoisotopic (exact) mass is 418 g/mol. The summed E-state index contributed by atoms with van der Waals surface area (Å²) in [6.45, 7) is 6.30. The number of fused-ring (bicyclic) bond motifs is 1. The highest BCUT2D eigenvalue weighted by Crippen LogP contribution is 2.37. The maximum absolute atomic E-state index is 12.3. The van der Waals surface area contributed by atoms with E-state index in [2.05, 4.69) is 21.8 Å². The highest BCUT2D eigenvalue weighted by Gasteiger charge is 2.25. The van der Waals surface area contributed by atoms with E-state index in [0.29, 0.717) is 29.2 Å². The van der Waals surface area contributed by atoms with Crippen LogP contribution in [-0.2, 0) is 4.79 Å². The minimum Gasteiger partial charge on any atom is -0.494 e. The number of piperidine rings is 1. The van der Waals surface area contributed by atoms with E-state index in [9.17, 15) is 10.1 Å². The van der Waals surface area contributed by atoms with Gasteiger partial charge < -0.3 is 15.4 Å². The number of aromatic nitrogens is 2. The van der Waals surface area contributed by atoms with E-state index in [4.69, 9.17) is 4.74 Å². The number of hydrogen-bond acceptors (Lipinski definition) is 6. The van der Waals surface area contributed by atoms with Crippen molar-refractivity contribution in [1.29, 1.82) is 5.26 Å². The molecule has 1 saturated heterocycles. The highest BCUT2D eigenvalue weighted by molar-refractivity contribution is 5.91. The SMILES string of the molecule is CCOc1ccc(N(C=O)c2c(C)c(NC3CCNCC3)c(C#N)c3ccnn23)cc1. The van der Waals surface area contributed by atoms with Gasteiger partial charge in [0.1, 0.15) is 23.2 Å². The first-order chi connectivity index (χ1) is 15.2. The fraction of sp³-hybridized carbons (Fsp3) is 0.348. The van der Waals surface area contributed by atoms with Crippen molar-refractivity contribution < 1.29 is 9.53 Å². The summed E-state index contributed by atoms with van der Waals surface area (Å²) in [6, 6.07) is 11.8. The molecule has 3 heterocycles. The van der Waals surface area contributed by atoms with Gasteiger partial charge >= 0.3 is 0 Å². The Morgan fingerprint density at radius 2 is 2.06 bits per heavy atom. The third-order valence-electron chi connectivity index (χ3n) is 5.62. The number of rotatable bonds is 7. The lowest BCUT2D eigenvalue weighted by Gasteiger charge is -2.28. The summed E-state index contributed by atoms with van der Waals surface area (Å²) in [4.78, 5) is 13.8. The van der Waals surface area contributed by atoms with Crippen LogP contribution in [0.1, 0.15) is 30.9 Å². The molecule has 3 aromatic rings. The first-order valence-electron chi connectivity index (χ1n) is 10.5. The number of carbonyl (C=O) groups is 1. The molecule has 0 unspecified atom stereocenters. The van der Waals surface area contributed by atoms with Crippen LogP contribution in [0.5, 0.6) is 5.75 Å². The Morgan fingerprint density at radius 1 is 1.32 bits per heavy atom. The summed E-state index contributed by atoms with van der Waals surface area (Å²) in [5.41, 5.74) is 3.45. The zero-order valence-electron chi connectivity index (χ0n) is 17.8. The molecule has 1 fully saturated rings. The second-order valence-electron chi connectivity index (χ2n) is 7.51. The second kappa shape index (κ2) is 9.06. The molecule has 160 valence electrons. The molecule has 0 saturated carbocycles. The van der Waals surface area contributed by atoms with E-state index in [1.165, 1.54) is 0 Å². The molecule has 0 atom stereocenters. The first-order valence-corrected chi connectivity index (χ1v) is 10.5. The normalized spacial score (nSPS) is 14.2. The van der Waals surface area contributed by atoms with Crippen LogP contribution >= 0.6 is 0 Å². The van der Waals surface area contributed by atoms with Crippen LogP contribution in [0.3, 0.4) is 0 Å². The van der Waals surface area contributed by atoms with Crippen LogP contribution in [0, 0.1) is 18.3 Å². The zero-order valence-corrected chi connectivity index (χ0v) is 17.8. The summed E-state index contributed by atoms with van der Waals surface area (Å²) in [5, 5.41) is 21.3. The molecule has 0 spiro atoms. The van der Waals surface area contributed by atoms with Gasteiger partial charge in [-0.1, -0.05) is 0 Å². The Balaban J connectivity index is 1.84. The number of carbonyl (C=O) groups excluding carboxylic acids is 1. The van der Waals surface area contributed by atoms with Crippen molar-refractivity contribution in [2.75, 3.05) is 29.9 Å². The van der Waals surface area contributed by atoms with Crippen LogP contribution in [-0.4, -0.2) is 41.8 Å². The molecule has 1 amide bonds. The topological polar surface area (TPSA) is 94.7 Å². The minimum atomic E-state index is 0.264. The lowest BCUT2D eigenvalue weighted by atomic mass is 10.0. The maximum Gasteiger partial charge on any atom is 0.219 e. The number of pyridine rings is 1. The van der Waals surface area contributed by atoms with Crippen molar-refractivity contribution in [1.82, 2.24) is 14.9 Å². The van der Waals surface area contributed by atoms with Gasteiger partial charge in [0.15, 0.2) is 0 Å². The Morgan fingerprint density at radius 3 is 2.71 bits per heavy atom. The van der Waals surface area contributed by atoms with Crippen molar-refractivity contribution in [3.05, 3.63) is 47.7 Å². The van der Waals surface area contributed by atoms with Gasteiger partial charge in [0.2, 0.25) is 6.41 Å². The molecule has 0 aliphatic carbocycles. The third-order valence-corrected chi connectivity index (χ3v) is 5.62. The van der Waals surface area contributed by atoms with Gasteiger partial charge in [-0.05, 0) is 70.1 Å². The van der Waals surface area contributed by atoms with Gasteiger partial charge in [-0.15, -0.1) is 0 Å². The Bertz CT molecular complexity index is 1110. The van der Waals surface area contributed by atoms with Crippen LogP contribution < -0.4 is 20.3 Å². The van der Waals surface area contributed by atoms with E-state index in [1.807, 2.05) is 38.1 Å². The van der Waals surface area contributed by atoms with Crippen LogP contribution in [0.2, 0.25) is 0 Å². The molecule has 0 bridgehead atoms. The number of ether oxygens (including phenoxy) is 1. The molecule has 8 heteroatoms. The van der Waals surface area contributed by atoms with Gasteiger partial charge in [-0.25, -0.2) is 4.52 Å². The Labute approximate surface area is 181 Å². The standard InChI is InChI=1S/C23H26N6O2/c1-3-31-19-6-4-18(5-7-19)28(15-30)23-16(2)22(27-17-8-11-25-12-9-17)20(14-24)21-10-13-26-29(21)23/h4-7,10,13,15,17,25,27H,3,8-9,11-12H2,1-2H3. The van der Waals surface area contributed by atoms with E-state index in [0.717, 1.165) is 49.3 Å². The molecule has 1 aliphatic rings. The second-order valence-corrected chi connectivity index (χ2v) is 7.51. The number of hydrogen-bond donors (Lipinski definition) is 2. The van der Waals surface area contributed by atoms with Crippen molar-refractivity contribution >= 4 is 29.1 Å². The number of anilines is 3. The number of amides is 1. The fourth-order valence-corrected chi connectivity index (χ4v) is 4.10. The summed E-state index contributed by atoms with van der Waals surface area (Å²) >= 11 is 0. The van der Waals surface area contributed by atoms with Crippen molar-refractivity contribution in [2.45, 2.75) is 32.7 Å².